The van der Waals surface area contributed by atoms with Crippen LogP contribution in [-0.4, -0.2) is 37.6 Å². The van der Waals surface area contributed by atoms with Gasteiger partial charge in [-0.1, -0.05) is 20.8 Å². The highest BCUT2D eigenvalue weighted by Gasteiger charge is 2.18. The van der Waals surface area contributed by atoms with E-state index in [2.05, 4.69) is 31.0 Å². The molecule has 0 amide bonds. The molecule has 1 atom stereocenters. The second-order valence-electron chi connectivity index (χ2n) is 5.88. The highest BCUT2D eigenvalue weighted by atomic mass is 15.1. The third-order valence-corrected chi connectivity index (χ3v) is 4.06. The van der Waals surface area contributed by atoms with Crippen LogP contribution in [0.15, 0.2) is 0 Å². The van der Waals surface area contributed by atoms with Gasteiger partial charge in [-0.2, -0.15) is 0 Å². The maximum absolute atomic E-state index is 3.49. The lowest BCUT2D eigenvalue weighted by Crippen LogP contribution is -2.29. The summed E-state index contributed by atoms with van der Waals surface area (Å²) < 4.78 is 0. The normalized spacial score (nSPS) is 22.9. The Hall–Kier alpha value is -0.0800. The van der Waals surface area contributed by atoms with Gasteiger partial charge in [0, 0.05) is 0 Å². The van der Waals surface area contributed by atoms with Crippen molar-refractivity contribution in [1.82, 2.24) is 10.2 Å². The second kappa shape index (κ2) is 8.93. The van der Waals surface area contributed by atoms with Crippen molar-refractivity contribution in [2.24, 2.45) is 11.8 Å². The minimum Gasteiger partial charge on any atom is -0.317 e. The molecule has 0 saturated carbocycles. The van der Waals surface area contributed by atoms with Crippen LogP contribution >= 0.6 is 0 Å². The number of hydrogen-bond donors (Lipinski definition) is 1. The second-order valence-corrected chi connectivity index (χ2v) is 5.88. The van der Waals surface area contributed by atoms with Gasteiger partial charge >= 0.3 is 0 Å². The topological polar surface area (TPSA) is 15.3 Å². The zero-order chi connectivity index (χ0) is 12.5. The van der Waals surface area contributed by atoms with Crippen LogP contribution in [0.1, 0.15) is 52.9 Å². The van der Waals surface area contributed by atoms with E-state index in [0.717, 1.165) is 11.8 Å². The summed E-state index contributed by atoms with van der Waals surface area (Å²) in [7, 11) is 0. The Kier molecular flexibility index (Phi) is 7.87. The SMILES string of the molecule is CCCNCCCN1CCCC(C(C)C)CC1. The Bertz CT molecular complexity index is 180. The zero-order valence-corrected chi connectivity index (χ0v) is 12.2. The largest absolute Gasteiger partial charge is 0.317 e. The molecule has 1 aliphatic heterocycles. The van der Waals surface area contributed by atoms with Crippen molar-refractivity contribution in [3.63, 3.8) is 0 Å². The quantitative estimate of drug-likeness (QED) is 0.688. The van der Waals surface area contributed by atoms with Crippen LogP contribution in [0, 0.1) is 11.8 Å². The minimum absolute atomic E-state index is 0.876. The van der Waals surface area contributed by atoms with E-state index in [-0.39, 0.29) is 0 Å². The first-order valence-electron chi connectivity index (χ1n) is 7.67. The lowest BCUT2D eigenvalue weighted by atomic mass is 9.89. The smallest absolute Gasteiger partial charge is 0.000664 e. The van der Waals surface area contributed by atoms with Crippen molar-refractivity contribution < 1.29 is 0 Å². The highest BCUT2D eigenvalue weighted by Crippen LogP contribution is 2.24. The Morgan fingerprint density at radius 1 is 1.18 bits per heavy atom. The molecule has 1 saturated heterocycles. The lowest BCUT2D eigenvalue weighted by molar-refractivity contribution is 0.268. The number of nitrogens with one attached hydrogen (secondary N) is 1. The number of likely N-dealkylation sites (tertiary alicyclic amines) is 1. The molecule has 1 unspecified atom stereocenters. The van der Waals surface area contributed by atoms with Gasteiger partial charge in [0.25, 0.3) is 0 Å². The Labute approximate surface area is 108 Å². The third-order valence-electron chi connectivity index (χ3n) is 4.06. The summed E-state index contributed by atoms with van der Waals surface area (Å²) in [6, 6.07) is 0. The van der Waals surface area contributed by atoms with E-state index in [0.29, 0.717) is 0 Å². The fourth-order valence-electron chi connectivity index (χ4n) is 2.80. The molecular weight excluding hydrogens is 208 g/mol. The molecule has 1 N–H and O–H groups in total. The minimum atomic E-state index is 0.876. The van der Waals surface area contributed by atoms with Crippen molar-refractivity contribution >= 4 is 0 Å². The van der Waals surface area contributed by atoms with Gasteiger partial charge in [-0.05, 0) is 76.7 Å². The van der Waals surface area contributed by atoms with Gasteiger partial charge in [0.15, 0.2) is 0 Å². The van der Waals surface area contributed by atoms with Gasteiger partial charge in [-0.25, -0.2) is 0 Å². The molecule has 0 aliphatic carbocycles. The molecule has 17 heavy (non-hydrogen) atoms. The van der Waals surface area contributed by atoms with Crippen LogP contribution in [-0.2, 0) is 0 Å². The third kappa shape index (κ3) is 6.42. The number of rotatable bonds is 7. The van der Waals surface area contributed by atoms with Crippen molar-refractivity contribution in [2.75, 3.05) is 32.7 Å². The Morgan fingerprint density at radius 3 is 2.71 bits per heavy atom. The number of hydrogen-bond acceptors (Lipinski definition) is 2. The fourth-order valence-corrected chi connectivity index (χ4v) is 2.80. The van der Waals surface area contributed by atoms with Gasteiger partial charge in [0.2, 0.25) is 0 Å². The average molecular weight is 240 g/mol. The molecule has 0 aromatic carbocycles. The van der Waals surface area contributed by atoms with Gasteiger partial charge in [-0.15, -0.1) is 0 Å². The molecule has 0 spiro atoms. The van der Waals surface area contributed by atoms with Crippen LogP contribution < -0.4 is 5.32 Å². The first-order chi connectivity index (χ1) is 8.24. The molecule has 0 radical (unpaired) electrons. The molecule has 2 nitrogen and oxygen atoms in total. The first-order valence-corrected chi connectivity index (χ1v) is 7.67. The maximum Gasteiger partial charge on any atom is -0.000664 e. The van der Waals surface area contributed by atoms with E-state index in [9.17, 15) is 0 Å². The van der Waals surface area contributed by atoms with Gasteiger partial charge < -0.3 is 10.2 Å². The molecule has 2 heteroatoms. The molecule has 1 rings (SSSR count). The average Bonchev–Trinajstić information content (AvgIpc) is 2.54. The maximum atomic E-state index is 3.49. The summed E-state index contributed by atoms with van der Waals surface area (Å²) in [5.74, 6) is 1.85. The van der Waals surface area contributed by atoms with Gasteiger partial charge in [0.05, 0.1) is 0 Å². The van der Waals surface area contributed by atoms with Crippen molar-refractivity contribution in [3.8, 4) is 0 Å². The van der Waals surface area contributed by atoms with E-state index in [1.165, 1.54) is 64.8 Å². The van der Waals surface area contributed by atoms with Crippen LogP contribution in [0.3, 0.4) is 0 Å². The van der Waals surface area contributed by atoms with Crippen molar-refractivity contribution in [3.05, 3.63) is 0 Å². The van der Waals surface area contributed by atoms with Gasteiger partial charge in [0.1, 0.15) is 0 Å². The van der Waals surface area contributed by atoms with Crippen LogP contribution in [0.5, 0.6) is 0 Å². The summed E-state index contributed by atoms with van der Waals surface area (Å²) in [5, 5.41) is 3.49. The number of nitrogens with zero attached hydrogens (tertiary/aromatic N) is 1. The summed E-state index contributed by atoms with van der Waals surface area (Å²) in [6.07, 6.45) is 6.83. The zero-order valence-electron chi connectivity index (χ0n) is 12.2. The van der Waals surface area contributed by atoms with Gasteiger partial charge in [-0.3, -0.25) is 0 Å². The Balaban J connectivity index is 2.09. The van der Waals surface area contributed by atoms with Crippen LogP contribution in [0.25, 0.3) is 0 Å². The molecule has 102 valence electrons. The molecule has 1 fully saturated rings. The van der Waals surface area contributed by atoms with E-state index in [1.807, 2.05) is 0 Å². The van der Waals surface area contributed by atoms with E-state index in [1.54, 1.807) is 0 Å². The molecule has 1 aliphatic rings. The van der Waals surface area contributed by atoms with Crippen molar-refractivity contribution in [1.29, 1.82) is 0 Å². The summed E-state index contributed by atoms with van der Waals surface area (Å²) in [6.45, 7) is 13.3. The molecular formula is C15H32N2. The van der Waals surface area contributed by atoms with E-state index in [4.69, 9.17) is 0 Å². The molecule has 0 aromatic rings. The predicted octanol–water partition coefficient (Wildman–Crippen LogP) is 3.13. The van der Waals surface area contributed by atoms with Crippen LogP contribution in [0.2, 0.25) is 0 Å². The fraction of sp³-hybridized carbons (Fsp3) is 1.00. The molecule has 0 bridgehead atoms. The monoisotopic (exact) mass is 240 g/mol. The Morgan fingerprint density at radius 2 is 2.00 bits per heavy atom. The summed E-state index contributed by atoms with van der Waals surface area (Å²) in [4.78, 5) is 2.68. The first kappa shape index (κ1) is 15.0. The highest BCUT2D eigenvalue weighted by molar-refractivity contribution is 4.72. The summed E-state index contributed by atoms with van der Waals surface area (Å²) in [5.41, 5.74) is 0. The molecule has 1 heterocycles. The summed E-state index contributed by atoms with van der Waals surface area (Å²) >= 11 is 0. The van der Waals surface area contributed by atoms with Crippen LogP contribution in [0.4, 0.5) is 0 Å². The van der Waals surface area contributed by atoms with E-state index >= 15 is 0 Å². The predicted molar refractivity (Wildman–Crippen MR) is 76.4 cm³/mol. The van der Waals surface area contributed by atoms with E-state index < -0.39 is 0 Å². The van der Waals surface area contributed by atoms with Crippen molar-refractivity contribution in [2.45, 2.75) is 52.9 Å². The standard InChI is InChI=1S/C15H32N2/c1-4-9-16-10-6-12-17-11-5-7-15(8-13-17)14(2)3/h14-16H,4-13H2,1-3H3. The lowest BCUT2D eigenvalue weighted by Gasteiger charge is -2.21. The molecule has 0 aromatic heterocycles.